The number of carbonyl (C=O) groups excluding carboxylic acids is 2. The molecule has 4 nitrogen and oxygen atoms in total. The molecule has 0 radical (unpaired) electrons. The van der Waals surface area contributed by atoms with Gasteiger partial charge in [-0.2, -0.15) is 0 Å². The highest BCUT2D eigenvalue weighted by molar-refractivity contribution is 6.31. The van der Waals surface area contributed by atoms with Gasteiger partial charge in [-0.1, -0.05) is 70.2 Å². The number of rotatable bonds is 8. The van der Waals surface area contributed by atoms with Crippen molar-refractivity contribution in [2.75, 3.05) is 13.2 Å². The summed E-state index contributed by atoms with van der Waals surface area (Å²) in [7, 11) is 0. The molecule has 1 atom stereocenters. The standard InChI is InChI=1S/C26H36ClNO3/c1-5-31-25(30)12-13-28-17-22(18(2)3)26(4,16-24(28)29)21-11-10-20(23(27)15-21)14-19-8-6-7-9-19/h10-11,15,17-19H,5-9,12-14,16H2,1-4H3/t26-/m0/s1. The van der Waals surface area contributed by atoms with Crippen molar-refractivity contribution >= 4 is 23.5 Å². The molecule has 3 rings (SSSR count). The lowest BCUT2D eigenvalue weighted by molar-refractivity contribution is -0.143. The number of hydrogen-bond donors (Lipinski definition) is 0. The van der Waals surface area contributed by atoms with Gasteiger partial charge in [0.2, 0.25) is 5.91 Å². The number of nitrogens with zero attached hydrogens (tertiary/aromatic N) is 1. The fourth-order valence-electron chi connectivity index (χ4n) is 5.16. The number of hydrogen-bond acceptors (Lipinski definition) is 3. The average molecular weight is 446 g/mol. The summed E-state index contributed by atoms with van der Waals surface area (Å²) in [5.41, 5.74) is 3.09. The topological polar surface area (TPSA) is 46.6 Å². The molecule has 1 aliphatic heterocycles. The van der Waals surface area contributed by atoms with Crippen LogP contribution in [0.15, 0.2) is 30.0 Å². The first-order valence-electron chi connectivity index (χ1n) is 11.7. The van der Waals surface area contributed by atoms with E-state index in [1.165, 1.54) is 36.8 Å². The lowest BCUT2D eigenvalue weighted by atomic mass is 9.68. The largest absolute Gasteiger partial charge is 0.466 e. The molecular weight excluding hydrogens is 410 g/mol. The van der Waals surface area contributed by atoms with Crippen LogP contribution in [-0.4, -0.2) is 29.9 Å². The van der Waals surface area contributed by atoms with Crippen LogP contribution in [0.4, 0.5) is 0 Å². The second-order valence-corrected chi connectivity index (χ2v) is 9.96. The first-order valence-corrected chi connectivity index (χ1v) is 12.1. The highest BCUT2D eigenvalue weighted by Gasteiger charge is 2.40. The highest BCUT2D eigenvalue weighted by Crippen LogP contribution is 2.44. The van der Waals surface area contributed by atoms with E-state index >= 15 is 0 Å². The van der Waals surface area contributed by atoms with E-state index in [0.717, 1.165) is 22.9 Å². The van der Waals surface area contributed by atoms with E-state index in [-0.39, 0.29) is 24.2 Å². The van der Waals surface area contributed by atoms with E-state index in [0.29, 0.717) is 19.6 Å². The molecule has 1 heterocycles. The van der Waals surface area contributed by atoms with E-state index < -0.39 is 5.41 Å². The Bertz CT molecular complexity index is 841. The predicted molar refractivity (Wildman–Crippen MR) is 125 cm³/mol. The van der Waals surface area contributed by atoms with Crippen molar-refractivity contribution in [3.8, 4) is 0 Å². The normalized spacial score (nSPS) is 22.2. The van der Waals surface area contributed by atoms with Gasteiger partial charge < -0.3 is 9.64 Å². The van der Waals surface area contributed by atoms with Crippen molar-refractivity contribution in [3.05, 3.63) is 46.1 Å². The Kier molecular flexibility index (Phi) is 7.85. The number of amides is 1. The van der Waals surface area contributed by atoms with Crippen LogP contribution in [0.25, 0.3) is 0 Å². The summed E-state index contributed by atoms with van der Waals surface area (Å²) in [5, 5.41) is 0.811. The Balaban J connectivity index is 1.83. The highest BCUT2D eigenvalue weighted by atomic mass is 35.5. The first-order chi connectivity index (χ1) is 14.7. The molecule has 0 bridgehead atoms. The number of benzene rings is 1. The molecule has 1 aromatic carbocycles. The molecule has 0 N–H and O–H groups in total. The van der Waals surface area contributed by atoms with Crippen LogP contribution in [0.3, 0.4) is 0 Å². The molecule has 170 valence electrons. The molecule has 5 heteroatoms. The van der Waals surface area contributed by atoms with Gasteiger partial charge >= 0.3 is 5.97 Å². The third-order valence-corrected chi connectivity index (χ3v) is 7.27. The zero-order valence-corrected chi connectivity index (χ0v) is 20.1. The summed E-state index contributed by atoms with van der Waals surface area (Å²) in [6.07, 6.45) is 8.83. The number of halogens is 1. The quantitative estimate of drug-likeness (QED) is 0.457. The third kappa shape index (κ3) is 5.52. The maximum absolute atomic E-state index is 13.0. The maximum Gasteiger partial charge on any atom is 0.307 e. The molecule has 1 aromatic rings. The Hall–Kier alpha value is -1.81. The second kappa shape index (κ2) is 10.2. The zero-order chi connectivity index (χ0) is 22.6. The fraction of sp³-hybridized carbons (Fsp3) is 0.615. The Morgan fingerprint density at radius 3 is 2.61 bits per heavy atom. The van der Waals surface area contributed by atoms with E-state index in [1.807, 2.05) is 6.20 Å². The Morgan fingerprint density at radius 2 is 2.00 bits per heavy atom. The molecule has 1 amide bonds. The molecule has 31 heavy (non-hydrogen) atoms. The van der Waals surface area contributed by atoms with Crippen LogP contribution in [0.5, 0.6) is 0 Å². The predicted octanol–water partition coefficient (Wildman–Crippen LogP) is 6.06. The van der Waals surface area contributed by atoms with Crippen molar-refractivity contribution in [1.29, 1.82) is 0 Å². The number of allylic oxidation sites excluding steroid dienone is 1. The molecule has 1 saturated carbocycles. The van der Waals surface area contributed by atoms with Crippen molar-refractivity contribution in [2.45, 2.75) is 78.1 Å². The second-order valence-electron chi connectivity index (χ2n) is 9.55. The van der Waals surface area contributed by atoms with Gasteiger partial charge in [-0.25, -0.2) is 0 Å². The minimum Gasteiger partial charge on any atom is -0.466 e. The van der Waals surface area contributed by atoms with Crippen molar-refractivity contribution in [3.63, 3.8) is 0 Å². The maximum atomic E-state index is 13.0. The molecule has 0 saturated heterocycles. The lowest BCUT2D eigenvalue weighted by Gasteiger charge is -2.41. The first kappa shape index (κ1) is 23.8. The van der Waals surface area contributed by atoms with E-state index in [9.17, 15) is 9.59 Å². The number of esters is 1. The molecule has 1 fully saturated rings. The Labute approximate surface area is 192 Å². The van der Waals surface area contributed by atoms with Crippen LogP contribution in [0.2, 0.25) is 5.02 Å². The van der Waals surface area contributed by atoms with Gasteiger partial charge in [0.1, 0.15) is 0 Å². The van der Waals surface area contributed by atoms with Gasteiger partial charge in [0.15, 0.2) is 0 Å². The summed E-state index contributed by atoms with van der Waals surface area (Å²) >= 11 is 6.73. The van der Waals surface area contributed by atoms with Crippen LogP contribution < -0.4 is 0 Å². The van der Waals surface area contributed by atoms with Crippen LogP contribution in [0.1, 0.15) is 77.3 Å². The number of carbonyl (C=O) groups is 2. The summed E-state index contributed by atoms with van der Waals surface area (Å²) in [4.78, 5) is 26.4. The SMILES string of the molecule is CCOC(=O)CCN1C=C(C(C)C)[C@](C)(c2ccc(CC3CCCC3)c(Cl)c2)CC1=O. The van der Waals surface area contributed by atoms with Gasteiger partial charge in [-0.3, -0.25) is 9.59 Å². The summed E-state index contributed by atoms with van der Waals surface area (Å²) in [6, 6.07) is 6.40. The summed E-state index contributed by atoms with van der Waals surface area (Å²) in [6.45, 7) is 8.94. The van der Waals surface area contributed by atoms with Gasteiger partial charge in [-0.05, 0) is 47.9 Å². The average Bonchev–Trinajstić information content (AvgIpc) is 3.22. The summed E-state index contributed by atoms with van der Waals surface area (Å²) in [5.74, 6) is 0.768. The minimum absolute atomic E-state index is 0.0300. The lowest BCUT2D eigenvalue weighted by Crippen LogP contribution is -2.42. The minimum atomic E-state index is -0.402. The molecule has 0 unspecified atom stereocenters. The van der Waals surface area contributed by atoms with E-state index in [4.69, 9.17) is 16.3 Å². The Morgan fingerprint density at radius 1 is 1.29 bits per heavy atom. The summed E-state index contributed by atoms with van der Waals surface area (Å²) < 4.78 is 5.01. The van der Waals surface area contributed by atoms with Crippen LogP contribution in [-0.2, 0) is 26.2 Å². The van der Waals surface area contributed by atoms with Gasteiger partial charge in [0.05, 0.1) is 13.0 Å². The van der Waals surface area contributed by atoms with Gasteiger partial charge in [0.25, 0.3) is 0 Å². The molecule has 0 aromatic heterocycles. The van der Waals surface area contributed by atoms with Crippen molar-refractivity contribution in [1.82, 2.24) is 4.90 Å². The smallest absolute Gasteiger partial charge is 0.307 e. The molecule has 1 aliphatic carbocycles. The third-order valence-electron chi connectivity index (χ3n) is 6.91. The van der Waals surface area contributed by atoms with Crippen LogP contribution >= 0.6 is 11.6 Å². The van der Waals surface area contributed by atoms with Gasteiger partial charge in [0, 0.05) is 29.6 Å². The molecular formula is C26H36ClNO3. The van der Waals surface area contributed by atoms with Crippen LogP contribution in [0, 0.1) is 11.8 Å². The number of ether oxygens (including phenoxy) is 1. The van der Waals surface area contributed by atoms with Crippen molar-refractivity contribution < 1.29 is 14.3 Å². The molecule has 0 spiro atoms. The van der Waals surface area contributed by atoms with E-state index in [1.54, 1.807) is 11.8 Å². The van der Waals surface area contributed by atoms with Crippen molar-refractivity contribution in [2.24, 2.45) is 11.8 Å². The zero-order valence-electron chi connectivity index (χ0n) is 19.4. The van der Waals surface area contributed by atoms with E-state index in [2.05, 4.69) is 39.0 Å². The molecule has 2 aliphatic rings. The van der Waals surface area contributed by atoms with Gasteiger partial charge in [-0.15, -0.1) is 0 Å². The monoisotopic (exact) mass is 445 g/mol. The fourth-order valence-corrected chi connectivity index (χ4v) is 5.42.